The second-order valence-electron chi connectivity index (χ2n) is 3.72. The van der Waals surface area contributed by atoms with E-state index < -0.39 is 0 Å². The molecule has 0 bridgehead atoms. The van der Waals surface area contributed by atoms with Crippen LogP contribution in [0, 0.1) is 11.7 Å². The molecule has 1 rings (SSSR count). The molecule has 0 heterocycles. The summed E-state index contributed by atoms with van der Waals surface area (Å²) < 4.78 is 12.6. The molecular formula is C12H16FNO. The maximum atomic E-state index is 12.6. The lowest BCUT2D eigenvalue weighted by Gasteiger charge is -2.11. The summed E-state index contributed by atoms with van der Waals surface area (Å²) >= 11 is 0. The fraction of sp³-hybridized carbons (Fsp3) is 0.417. The number of nitrogens with two attached hydrogens (primary N) is 1. The van der Waals surface area contributed by atoms with Crippen LogP contribution in [-0.2, 0) is 11.2 Å². The van der Waals surface area contributed by atoms with E-state index in [1.54, 1.807) is 12.1 Å². The summed E-state index contributed by atoms with van der Waals surface area (Å²) in [5, 5.41) is 0. The number of amides is 1. The maximum Gasteiger partial charge on any atom is 0.220 e. The Morgan fingerprint density at radius 3 is 2.47 bits per heavy atom. The van der Waals surface area contributed by atoms with Gasteiger partial charge < -0.3 is 5.73 Å². The highest BCUT2D eigenvalue weighted by Crippen LogP contribution is 2.14. The Labute approximate surface area is 89.3 Å². The van der Waals surface area contributed by atoms with Crippen LogP contribution in [0.25, 0.3) is 0 Å². The van der Waals surface area contributed by atoms with Crippen LogP contribution >= 0.6 is 0 Å². The Bertz CT molecular complexity index is 321. The molecule has 0 saturated carbocycles. The molecule has 0 saturated heterocycles. The van der Waals surface area contributed by atoms with Crippen molar-refractivity contribution in [3.8, 4) is 0 Å². The van der Waals surface area contributed by atoms with Crippen molar-refractivity contribution in [3.05, 3.63) is 35.6 Å². The lowest BCUT2D eigenvalue weighted by molar-refractivity contribution is -0.122. The van der Waals surface area contributed by atoms with Gasteiger partial charge in [0, 0.05) is 5.92 Å². The molecule has 0 aliphatic rings. The SMILES string of the molecule is CCCC(Cc1ccc(F)cc1)C(N)=O. The normalized spacial score (nSPS) is 12.4. The van der Waals surface area contributed by atoms with Crippen molar-refractivity contribution >= 4 is 5.91 Å². The zero-order valence-electron chi connectivity index (χ0n) is 8.87. The highest BCUT2D eigenvalue weighted by molar-refractivity contribution is 5.76. The van der Waals surface area contributed by atoms with Gasteiger partial charge in [-0.25, -0.2) is 4.39 Å². The molecule has 0 radical (unpaired) electrons. The second kappa shape index (κ2) is 5.49. The van der Waals surface area contributed by atoms with Crippen LogP contribution in [0.15, 0.2) is 24.3 Å². The third kappa shape index (κ3) is 3.70. The molecule has 0 spiro atoms. The first-order chi connectivity index (χ1) is 7.13. The summed E-state index contributed by atoms with van der Waals surface area (Å²) in [6, 6.07) is 6.19. The first-order valence-corrected chi connectivity index (χ1v) is 5.17. The van der Waals surface area contributed by atoms with Crippen LogP contribution in [-0.4, -0.2) is 5.91 Å². The van der Waals surface area contributed by atoms with Crippen LogP contribution in [0.4, 0.5) is 4.39 Å². The first-order valence-electron chi connectivity index (χ1n) is 5.17. The fourth-order valence-electron chi connectivity index (χ4n) is 1.60. The van der Waals surface area contributed by atoms with Gasteiger partial charge in [-0.3, -0.25) is 4.79 Å². The molecule has 1 amide bonds. The van der Waals surface area contributed by atoms with Crippen LogP contribution < -0.4 is 5.73 Å². The minimum atomic E-state index is -0.277. The molecule has 0 aliphatic carbocycles. The third-order valence-electron chi connectivity index (χ3n) is 2.43. The van der Waals surface area contributed by atoms with Gasteiger partial charge in [-0.1, -0.05) is 25.5 Å². The monoisotopic (exact) mass is 209 g/mol. The van der Waals surface area contributed by atoms with Gasteiger partial charge in [0.15, 0.2) is 0 Å². The average molecular weight is 209 g/mol. The number of hydrogen-bond acceptors (Lipinski definition) is 1. The maximum absolute atomic E-state index is 12.6. The summed E-state index contributed by atoms with van der Waals surface area (Å²) in [4.78, 5) is 11.1. The summed E-state index contributed by atoms with van der Waals surface area (Å²) in [5.41, 5.74) is 6.24. The van der Waals surface area contributed by atoms with Gasteiger partial charge in [0.2, 0.25) is 5.91 Å². The molecule has 15 heavy (non-hydrogen) atoms. The van der Waals surface area contributed by atoms with E-state index in [9.17, 15) is 9.18 Å². The molecule has 2 nitrogen and oxygen atoms in total. The quantitative estimate of drug-likeness (QED) is 0.794. The third-order valence-corrected chi connectivity index (χ3v) is 2.43. The van der Waals surface area contributed by atoms with Crippen molar-refractivity contribution in [2.75, 3.05) is 0 Å². The number of hydrogen-bond donors (Lipinski definition) is 1. The highest BCUT2D eigenvalue weighted by atomic mass is 19.1. The van der Waals surface area contributed by atoms with Crippen LogP contribution in [0.2, 0.25) is 0 Å². The number of rotatable bonds is 5. The average Bonchev–Trinajstić information content (AvgIpc) is 2.20. The van der Waals surface area contributed by atoms with Crippen molar-refractivity contribution < 1.29 is 9.18 Å². The molecule has 0 fully saturated rings. The van der Waals surface area contributed by atoms with Crippen molar-refractivity contribution in [2.45, 2.75) is 26.2 Å². The molecule has 1 unspecified atom stereocenters. The molecule has 3 heteroatoms. The van der Waals surface area contributed by atoms with E-state index in [-0.39, 0.29) is 17.6 Å². The van der Waals surface area contributed by atoms with E-state index >= 15 is 0 Å². The number of benzene rings is 1. The largest absolute Gasteiger partial charge is 0.369 e. The van der Waals surface area contributed by atoms with E-state index in [2.05, 4.69) is 0 Å². The van der Waals surface area contributed by atoms with Gasteiger partial charge in [-0.2, -0.15) is 0 Å². The molecule has 1 aromatic carbocycles. The van der Waals surface area contributed by atoms with Crippen LogP contribution in [0.3, 0.4) is 0 Å². The van der Waals surface area contributed by atoms with E-state index in [0.717, 1.165) is 18.4 Å². The highest BCUT2D eigenvalue weighted by Gasteiger charge is 2.14. The molecule has 0 aromatic heterocycles. The molecule has 2 N–H and O–H groups in total. The fourth-order valence-corrected chi connectivity index (χ4v) is 1.60. The Kier molecular flexibility index (Phi) is 4.28. The smallest absolute Gasteiger partial charge is 0.220 e. The standard InChI is InChI=1S/C12H16FNO/c1-2-3-10(12(14)15)8-9-4-6-11(13)7-5-9/h4-7,10H,2-3,8H2,1H3,(H2,14,15). The van der Waals surface area contributed by atoms with Gasteiger partial charge >= 0.3 is 0 Å². The van der Waals surface area contributed by atoms with Gasteiger partial charge in [0.05, 0.1) is 0 Å². The van der Waals surface area contributed by atoms with E-state index in [4.69, 9.17) is 5.73 Å². The zero-order chi connectivity index (χ0) is 11.3. The van der Waals surface area contributed by atoms with Crippen LogP contribution in [0.5, 0.6) is 0 Å². The molecule has 1 atom stereocenters. The lowest BCUT2D eigenvalue weighted by Crippen LogP contribution is -2.24. The lowest BCUT2D eigenvalue weighted by atomic mass is 9.94. The Balaban J connectivity index is 2.65. The predicted octanol–water partition coefficient (Wildman–Crippen LogP) is 2.27. The van der Waals surface area contributed by atoms with Gasteiger partial charge in [-0.05, 0) is 30.5 Å². The van der Waals surface area contributed by atoms with Gasteiger partial charge in [-0.15, -0.1) is 0 Å². The van der Waals surface area contributed by atoms with E-state index in [1.807, 2.05) is 6.92 Å². The number of carbonyl (C=O) groups excluding carboxylic acids is 1. The molecule has 1 aromatic rings. The second-order valence-corrected chi connectivity index (χ2v) is 3.72. The number of carbonyl (C=O) groups is 1. The Morgan fingerprint density at radius 1 is 1.40 bits per heavy atom. The van der Waals surface area contributed by atoms with Crippen molar-refractivity contribution in [2.24, 2.45) is 11.7 Å². The first kappa shape index (κ1) is 11.7. The van der Waals surface area contributed by atoms with E-state index in [0.29, 0.717) is 6.42 Å². The molecular weight excluding hydrogens is 193 g/mol. The summed E-state index contributed by atoms with van der Waals surface area (Å²) in [6.45, 7) is 2.01. The summed E-state index contributed by atoms with van der Waals surface area (Å²) in [5.74, 6) is -0.675. The predicted molar refractivity (Wildman–Crippen MR) is 57.7 cm³/mol. The minimum Gasteiger partial charge on any atom is -0.369 e. The Hall–Kier alpha value is -1.38. The zero-order valence-corrected chi connectivity index (χ0v) is 8.87. The van der Waals surface area contributed by atoms with Gasteiger partial charge in [0.1, 0.15) is 5.82 Å². The summed E-state index contributed by atoms with van der Waals surface area (Å²) in [7, 11) is 0. The molecule has 82 valence electrons. The van der Waals surface area contributed by atoms with Crippen LogP contribution in [0.1, 0.15) is 25.3 Å². The van der Waals surface area contributed by atoms with E-state index in [1.165, 1.54) is 12.1 Å². The summed E-state index contributed by atoms with van der Waals surface area (Å²) in [6.07, 6.45) is 2.31. The molecule has 0 aliphatic heterocycles. The minimum absolute atomic E-state index is 0.138. The Morgan fingerprint density at radius 2 is 2.00 bits per heavy atom. The van der Waals surface area contributed by atoms with Crippen molar-refractivity contribution in [3.63, 3.8) is 0 Å². The number of primary amides is 1. The van der Waals surface area contributed by atoms with Crippen molar-refractivity contribution in [1.29, 1.82) is 0 Å². The van der Waals surface area contributed by atoms with Crippen molar-refractivity contribution in [1.82, 2.24) is 0 Å². The topological polar surface area (TPSA) is 43.1 Å². The van der Waals surface area contributed by atoms with Gasteiger partial charge in [0.25, 0.3) is 0 Å². The number of halogens is 1.